The van der Waals surface area contributed by atoms with E-state index in [2.05, 4.69) is 28.2 Å². The molecule has 0 aromatic carbocycles. The van der Waals surface area contributed by atoms with E-state index in [1.54, 1.807) is 0 Å². The van der Waals surface area contributed by atoms with Crippen LogP contribution in [0.1, 0.15) is 25.3 Å². The molecule has 3 rings (SSSR count). The molecule has 1 unspecified atom stereocenters. The van der Waals surface area contributed by atoms with E-state index in [-0.39, 0.29) is 0 Å². The van der Waals surface area contributed by atoms with Gasteiger partial charge in [0.05, 0.1) is 0 Å². The van der Waals surface area contributed by atoms with Crippen LogP contribution in [0.25, 0.3) is 0 Å². The van der Waals surface area contributed by atoms with Gasteiger partial charge in [0.15, 0.2) is 0 Å². The van der Waals surface area contributed by atoms with Gasteiger partial charge in [0.25, 0.3) is 0 Å². The van der Waals surface area contributed by atoms with E-state index in [0.29, 0.717) is 18.4 Å². The van der Waals surface area contributed by atoms with Crippen LogP contribution in [-0.2, 0) is 11.3 Å². The van der Waals surface area contributed by atoms with Crippen molar-refractivity contribution in [1.29, 1.82) is 0 Å². The first-order valence-electron chi connectivity index (χ1n) is 7.48. The average Bonchev–Trinajstić information content (AvgIpc) is 2.86. The summed E-state index contributed by atoms with van der Waals surface area (Å²) in [6, 6.07) is 4.51. The third kappa shape index (κ3) is 2.50. The van der Waals surface area contributed by atoms with E-state index in [1.807, 2.05) is 17.2 Å². The Hall–Kier alpha value is -1.62. The molecule has 2 aliphatic rings. The molecule has 0 bridgehead atoms. The smallest absolute Gasteiger partial charge is 0.223 e. The third-order valence-corrected chi connectivity index (χ3v) is 4.23. The molecule has 1 atom stereocenters. The summed E-state index contributed by atoms with van der Waals surface area (Å²) in [6.45, 7) is 6.56. The fourth-order valence-corrected chi connectivity index (χ4v) is 3.17. The Morgan fingerprint density at radius 3 is 3.20 bits per heavy atom. The van der Waals surface area contributed by atoms with Gasteiger partial charge in [-0.1, -0.05) is 13.0 Å². The molecule has 0 aliphatic carbocycles. The fraction of sp³-hybridized carbons (Fsp3) is 0.600. The first-order valence-corrected chi connectivity index (χ1v) is 7.48. The Morgan fingerprint density at radius 2 is 2.35 bits per heavy atom. The highest BCUT2D eigenvalue weighted by Crippen LogP contribution is 2.26. The summed E-state index contributed by atoms with van der Waals surface area (Å²) in [5.74, 6) is 1.40. The summed E-state index contributed by atoms with van der Waals surface area (Å²) in [7, 11) is 0. The van der Waals surface area contributed by atoms with Crippen LogP contribution in [0.2, 0.25) is 0 Å². The number of amides is 1. The van der Waals surface area contributed by atoms with Crippen LogP contribution in [0.4, 0.5) is 5.82 Å². The van der Waals surface area contributed by atoms with Gasteiger partial charge in [-0.3, -0.25) is 4.79 Å². The monoisotopic (exact) mass is 274 g/mol. The lowest BCUT2D eigenvalue weighted by Gasteiger charge is -2.38. The van der Waals surface area contributed by atoms with Gasteiger partial charge in [-0.05, 0) is 19.0 Å². The number of hydrogen-bond acceptors (Lipinski definition) is 4. The summed E-state index contributed by atoms with van der Waals surface area (Å²) in [4.78, 5) is 20.7. The van der Waals surface area contributed by atoms with Gasteiger partial charge in [0.2, 0.25) is 5.91 Å². The third-order valence-electron chi connectivity index (χ3n) is 4.23. The minimum absolute atomic E-state index is 0.323. The summed E-state index contributed by atoms with van der Waals surface area (Å²) in [5.41, 5.74) is 1.24. The predicted octanol–water partition coefficient (Wildman–Crippen LogP) is 1.00. The van der Waals surface area contributed by atoms with Crippen molar-refractivity contribution in [3.8, 4) is 0 Å². The summed E-state index contributed by atoms with van der Waals surface area (Å²) < 4.78 is 0. The molecule has 2 fully saturated rings. The first kappa shape index (κ1) is 13.4. The Morgan fingerprint density at radius 1 is 1.45 bits per heavy atom. The number of fused-ring (bicyclic) bond motifs is 1. The minimum atomic E-state index is 0.323. The molecule has 0 radical (unpaired) electrons. The van der Waals surface area contributed by atoms with Crippen molar-refractivity contribution < 1.29 is 4.79 Å². The largest absolute Gasteiger partial charge is 0.353 e. The van der Waals surface area contributed by atoms with Crippen LogP contribution < -0.4 is 10.2 Å². The Labute approximate surface area is 120 Å². The maximum Gasteiger partial charge on any atom is 0.223 e. The normalized spacial score (nSPS) is 22.2. The molecule has 2 saturated heterocycles. The van der Waals surface area contributed by atoms with Crippen LogP contribution in [0.3, 0.4) is 0 Å². The summed E-state index contributed by atoms with van der Waals surface area (Å²) in [6.07, 6.45) is 3.56. The van der Waals surface area contributed by atoms with E-state index in [9.17, 15) is 4.79 Å². The molecule has 108 valence electrons. The Bertz CT molecular complexity index is 491. The second-order valence-corrected chi connectivity index (χ2v) is 5.49. The second-order valence-electron chi connectivity index (χ2n) is 5.49. The van der Waals surface area contributed by atoms with Crippen LogP contribution in [0, 0.1) is 0 Å². The van der Waals surface area contributed by atoms with Gasteiger partial charge in [0, 0.05) is 50.4 Å². The standard InChI is InChI=1S/C15H22N4O/c1-2-16-10-12-4-3-7-17-15(12)18-8-9-19-13(11-18)5-6-14(19)20/h3-4,7,13,16H,2,5-6,8-11H2,1H3. The van der Waals surface area contributed by atoms with Crippen molar-refractivity contribution in [2.75, 3.05) is 31.1 Å². The molecule has 20 heavy (non-hydrogen) atoms. The molecule has 5 heteroatoms. The Balaban J connectivity index is 1.75. The molecule has 1 aromatic rings. The molecule has 3 heterocycles. The van der Waals surface area contributed by atoms with Gasteiger partial charge in [-0.15, -0.1) is 0 Å². The van der Waals surface area contributed by atoms with Gasteiger partial charge in [0.1, 0.15) is 5.82 Å². The molecule has 0 spiro atoms. The SMILES string of the molecule is CCNCc1cccnc1N1CCN2C(=O)CCC2C1. The number of hydrogen-bond donors (Lipinski definition) is 1. The minimum Gasteiger partial charge on any atom is -0.353 e. The quantitative estimate of drug-likeness (QED) is 0.890. The maximum atomic E-state index is 11.7. The topological polar surface area (TPSA) is 48.5 Å². The van der Waals surface area contributed by atoms with E-state index < -0.39 is 0 Å². The number of nitrogens with one attached hydrogen (secondary N) is 1. The lowest BCUT2D eigenvalue weighted by Crippen LogP contribution is -2.52. The zero-order valence-electron chi connectivity index (χ0n) is 12.0. The molecule has 2 aliphatic heterocycles. The highest BCUT2D eigenvalue weighted by Gasteiger charge is 2.36. The van der Waals surface area contributed by atoms with Crippen LogP contribution in [0.5, 0.6) is 0 Å². The maximum absolute atomic E-state index is 11.7. The molecule has 1 aromatic heterocycles. The Kier molecular flexibility index (Phi) is 3.87. The number of aromatic nitrogens is 1. The first-order chi connectivity index (χ1) is 9.79. The number of pyridine rings is 1. The van der Waals surface area contributed by atoms with Crippen LogP contribution in [0.15, 0.2) is 18.3 Å². The van der Waals surface area contributed by atoms with E-state index in [1.165, 1.54) is 5.56 Å². The lowest BCUT2D eigenvalue weighted by atomic mass is 10.1. The van der Waals surface area contributed by atoms with Gasteiger partial charge in [-0.2, -0.15) is 0 Å². The zero-order valence-corrected chi connectivity index (χ0v) is 12.0. The fourth-order valence-electron chi connectivity index (χ4n) is 3.17. The van der Waals surface area contributed by atoms with Crippen molar-refractivity contribution in [2.45, 2.75) is 32.4 Å². The van der Waals surface area contributed by atoms with E-state index >= 15 is 0 Å². The van der Waals surface area contributed by atoms with Gasteiger partial charge < -0.3 is 15.1 Å². The molecular weight excluding hydrogens is 252 g/mol. The molecule has 5 nitrogen and oxygen atoms in total. The summed E-state index contributed by atoms with van der Waals surface area (Å²) >= 11 is 0. The van der Waals surface area contributed by atoms with Crippen LogP contribution in [-0.4, -0.2) is 48.0 Å². The van der Waals surface area contributed by atoms with Crippen molar-refractivity contribution in [1.82, 2.24) is 15.2 Å². The number of carbonyl (C=O) groups is 1. The predicted molar refractivity (Wildman–Crippen MR) is 78.6 cm³/mol. The molecule has 1 amide bonds. The van der Waals surface area contributed by atoms with Crippen molar-refractivity contribution >= 4 is 11.7 Å². The molecule has 0 saturated carbocycles. The molecule has 1 N–H and O–H groups in total. The highest BCUT2D eigenvalue weighted by atomic mass is 16.2. The molecular formula is C15H22N4O. The second kappa shape index (κ2) is 5.79. The van der Waals surface area contributed by atoms with E-state index in [0.717, 1.165) is 45.0 Å². The highest BCUT2D eigenvalue weighted by molar-refractivity contribution is 5.79. The van der Waals surface area contributed by atoms with Gasteiger partial charge >= 0.3 is 0 Å². The number of rotatable bonds is 4. The number of piperazine rings is 1. The summed E-state index contributed by atoms with van der Waals surface area (Å²) in [5, 5.41) is 3.37. The zero-order chi connectivity index (χ0) is 13.9. The van der Waals surface area contributed by atoms with Gasteiger partial charge in [-0.25, -0.2) is 4.98 Å². The van der Waals surface area contributed by atoms with Crippen molar-refractivity contribution in [3.05, 3.63) is 23.9 Å². The number of anilines is 1. The van der Waals surface area contributed by atoms with Crippen molar-refractivity contribution in [3.63, 3.8) is 0 Å². The number of carbonyl (C=O) groups excluding carboxylic acids is 1. The van der Waals surface area contributed by atoms with E-state index in [4.69, 9.17) is 0 Å². The number of nitrogens with zero attached hydrogens (tertiary/aromatic N) is 3. The van der Waals surface area contributed by atoms with Crippen LogP contribution >= 0.6 is 0 Å². The lowest BCUT2D eigenvalue weighted by molar-refractivity contribution is -0.129. The average molecular weight is 274 g/mol. The van der Waals surface area contributed by atoms with Crippen molar-refractivity contribution in [2.24, 2.45) is 0 Å².